The van der Waals surface area contributed by atoms with E-state index in [0.29, 0.717) is 0 Å². The Bertz CT molecular complexity index is 2630. The van der Waals surface area contributed by atoms with Crippen LogP contribution in [0.25, 0.3) is 0 Å². The van der Waals surface area contributed by atoms with Crippen LogP contribution in [0.15, 0.2) is 136 Å². The van der Waals surface area contributed by atoms with E-state index in [9.17, 15) is 54.8 Å². The smallest absolute Gasteiger partial charge is 0.294 e. The molecule has 0 aromatic heterocycles. The molecule has 5 aromatic rings. The number of azo groups is 3. The van der Waals surface area contributed by atoms with Gasteiger partial charge in [0, 0.05) is 29.7 Å². The van der Waals surface area contributed by atoms with E-state index in [4.69, 9.17) is 4.55 Å². The lowest BCUT2D eigenvalue weighted by Crippen LogP contribution is -1.96. The predicted molar refractivity (Wildman–Crippen MR) is 184 cm³/mol. The third-order valence-electron chi connectivity index (χ3n) is 7.09. The van der Waals surface area contributed by atoms with Crippen LogP contribution in [0.1, 0.15) is 11.1 Å². The number of hydrogen-bond donors (Lipinski definition) is 7. The van der Waals surface area contributed by atoms with Crippen LogP contribution in [0.5, 0.6) is 23.0 Å². The second kappa shape index (κ2) is 14.8. The van der Waals surface area contributed by atoms with Gasteiger partial charge in [0.15, 0.2) is 5.69 Å². The van der Waals surface area contributed by atoms with Gasteiger partial charge in [0.1, 0.15) is 34.4 Å². The second-order valence-corrected chi connectivity index (χ2v) is 15.0. The van der Waals surface area contributed by atoms with Crippen LogP contribution < -0.4 is 0 Å². The second-order valence-electron chi connectivity index (χ2n) is 10.7. The summed E-state index contributed by atoms with van der Waals surface area (Å²) in [6, 6.07) is 16.5. The predicted octanol–water partition coefficient (Wildman–Crippen LogP) is 7.09. The molecule has 0 spiro atoms. The van der Waals surface area contributed by atoms with Gasteiger partial charge in [-0.3, -0.25) is 13.7 Å². The van der Waals surface area contributed by atoms with Crippen LogP contribution >= 0.6 is 0 Å². The molecule has 0 radical (unpaired) electrons. The van der Waals surface area contributed by atoms with Crippen molar-refractivity contribution < 1.29 is 59.3 Å². The van der Waals surface area contributed by atoms with Crippen molar-refractivity contribution in [3.05, 3.63) is 102 Å². The van der Waals surface area contributed by atoms with Gasteiger partial charge in [0.05, 0.1) is 31.7 Å². The minimum Gasteiger partial charge on any atom is -0.508 e. The Kier molecular flexibility index (Phi) is 10.6. The van der Waals surface area contributed by atoms with Crippen LogP contribution in [-0.2, 0) is 36.8 Å². The van der Waals surface area contributed by atoms with Crippen LogP contribution in [0, 0.1) is 0 Å². The Labute approximate surface area is 299 Å². The standard InChI is InChI=1S/C31H24N6O13S3/c38-26-15-28(40)25(35-32-18-1-7-21(8-2-18)51(42,43)44)14-17(26)13-24-27(39)16-29(41)31(37-34-20-5-11-23(12-6-20)53(48,49)50)30(24)36-33-19-3-9-22(10-4-19)52(45,46)47/h1-12,14-16,38-41H,13H2,(H,42,43,44)(H,45,46,47)(H,48,49,50). The normalized spacial score (nSPS) is 12.7. The van der Waals surface area contributed by atoms with Gasteiger partial charge in [0.2, 0.25) is 0 Å². The first-order chi connectivity index (χ1) is 24.8. The Morgan fingerprint density at radius 1 is 0.415 bits per heavy atom. The quantitative estimate of drug-likeness (QED) is 0.0520. The molecule has 7 N–H and O–H groups in total. The maximum atomic E-state index is 11.5. The summed E-state index contributed by atoms with van der Waals surface area (Å²) >= 11 is 0. The van der Waals surface area contributed by atoms with Crippen molar-refractivity contribution in [3.63, 3.8) is 0 Å². The first-order valence-electron chi connectivity index (χ1n) is 14.4. The van der Waals surface area contributed by atoms with Crippen molar-refractivity contribution in [2.75, 3.05) is 0 Å². The summed E-state index contributed by atoms with van der Waals surface area (Å²) in [5.41, 5.74) is -0.805. The molecule has 0 aliphatic rings. The Hall–Kier alpha value is -6.17. The van der Waals surface area contributed by atoms with Crippen molar-refractivity contribution in [2.24, 2.45) is 30.7 Å². The lowest BCUT2D eigenvalue weighted by atomic mass is 9.99. The van der Waals surface area contributed by atoms with Gasteiger partial charge in [-0.05, 0) is 78.9 Å². The molecular weight excluding hydrogens is 761 g/mol. The van der Waals surface area contributed by atoms with E-state index in [1.54, 1.807) is 0 Å². The fourth-order valence-corrected chi connectivity index (χ4v) is 5.89. The minimum atomic E-state index is -4.53. The van der Waals surface area contributed by atoms with E-state index < -0.39 is 74.5 Å². The fraction of sp³-hybridized carbons (Fsp3) is 0.0323. The minimum absolute atomic E-state index is 0.0112. The number of phenolic OH excluding ortho intramolecular Hbond substituents is 4. The molecule has 0 heterocycles. The summed E-state index contributed by atoms with van der Waals surface area (Å²) in [5.74, 6) is -2.26. The molecular formula is C31H24N6O13S3. The van der Waals surface area contributed by atoms with E-state index in [2.05, 4.69) is 30.7 Å². The molecule has 0 saturated carbocycles. The Balaban J connectivity index is 1.58. The van der Waals surface area contributed by atoms with E-state index >= 15 is 0 Å². The molecule has 0 fully saturated rings. The third-order valence-corrected chi connectivity index (χ3v) is 9.69. The maximum Gasteiger partial charge on any atom is 0.294 e. The zero-order valence-corrected chi connectivity index (χ0v) is 28.8. The molecule has 53 heavy (non-hydrogen) atoms. The van der Waals surface area contributed by atoms with Crippen molar-refractivity contribution in [1.82, 2.24) is 0 Å². The molecule has 0 aliphatic heterocycles. The topological polar surface area (TPSA) is 318 Å². The number of hydrogen-bond acceptors (Lipinski definition) is 16. The van der Waals surface area contributed by atoms with Crippen molar-refractivity contribution in [2.45, 2.75) is 21.1 Å². The summed E-state index contributed by atoms with van der Waals surface area (Å²) in [6.45, 7) is 0. The monoisotopic (exact) mass is 784 g/mol. The van der Waals surface area contributed by atoms with Crippen molar-refractivity contribution >= 4 is 64.5 Å². The van der Waals surface area contributed by atoms with Crippen molar-refractivity contribution in [3.8, 4) is 23.0 Å². The fourth-order valence-electron chi connectivity index (χ4n) is 4.45. The summed E-state index contributed by atoms with van der Waals surface area (Å²) in [4.78, 5) is -1.26. The highest BCUT2D eigenvalue weighted by Gasteiger charge is 2.22. The zero-order chi connectivity index (χ0) is 38.7. The summed E-state index contributed by atoms with van der Waals surface area (Å²) in [6.07, 6.45) is -0.397. The molecule has 0 bridgehead atoms. The molecule has 5 aromatic carbocycles. The average Bonchev–Trinajstić information content (AvgIpc) is 3.08. The third kappa shape index (κ3) is 9.39. The molecule has 0 unspecified atom stereocenters. The van der Waals surface area contributed by atoms with Gasteiger partial charge in [0.25, 0.3) is 30.4 Å². The molecule has 0 amide bonds. The SMILES string of the molecule is O=S(=O)(O)c1ccc(N=Nc2cc(Cc3c(O)cc(O)c(N=Nc4ccc(S(=O)(=O)O)cc4)c3N=Nc3ccc(S(=O)(=O)O)cc3)c(O)cc2O)cc1. The largest absolute Gasteiger partial charge is 0.508 e. The molecule has 19 nitrogen and oxygen atoms in total. The highest BCUT2D eigenvalue weighted by Crippen LogP contribution is 2.48. The lowest BCUT2D eigenvalue weighted by molar-refractivity contribution is 0.443. The Morgan fingerprint density at radius 3 is 1.21 bits per heavy atom. The number of nitrogens with zero attached hydrogens (tertiary/aromatic N) is 6. The molecule has 0 saturated heterocycles. The van der Waals surface area contributed by atoms with Crippen LogP contribution in [0.4, 0.5) is 34.1 Å². The van der Waals surface area contributed by atoms with Gasteiger partial charge < -0.3 is 20.4 Å². The van der Waals surface area contributed by atoms with Crippen LogP contribution in [-0.4, -0.2) is 59.3 Å². The first kappa shape index (κ1) is 38.1. The molecule has 0 atom stereocenters. The highest BCUT2D eigenvalue weighted by molar-refractivity contribution is 7.86. The van der Waals surface area contributed by atoms with Crippen LogP contribution in [0.2, 0.25) is 0 Å². The van der Waals surface area contributed by atoms with E-state index in [1.165, 1.54) is 42.5 Å². The number of aromatic hydroxyl groups is 4. The van der Waals surface area contributed by atoms with Gasteiger partial charge in [-0.25, -0.2) is 0 Å². The zero-order valence-electron chi connectivity index (χ0n) is 26.4. The summed E-state index contributed by atoms with van der Waals surface area (Å²) in [7, 11) is -13.5. The number of rotatable bonds is 11. The molecule has 0 aliphatic carbocycles. The van der Waals surface area contributed by atoms with Gasteiger partial charge in [-0.2, -0.15) is 40.6 Å². The van der Waals surface area contributed by atoms with Gasteiger partial charge >= 0.3 is 0 Å². The first-order valence-corrected chi connectivity index (χ1v) is 18.7. The average molecular weight is 785 g/mol. The van der Waals surface area contributed by atoms with E-state index in [-0.39, 0.29) is 45.3 Å². The molecule has 5 rings (SSSR count). The lowest BCUT2D eigenvalue weighted by Gasteiger charge is -2.13. The summed E-state index contributed by atoms with van der Waals surface area (Å²) < 4.78 is 96.0. The van der Waals surface area contributed by atoms with Crippen molar-refractivity contribution in [1.29, 1.82) is 0 Å². The number of benzene rings is 5. The van der Waals surface area contributed by atoms with E-state index in [0.717, 1.165) is 48.5 Å². The number of phenols is 4. The molecule has 22 heteroatoms. The maximum absolute atomic E-state index is 11.5. The molecule has 274 valence electrons. The van der Waals surface area contributed by atoms with Gasteiger partial charge in [-0.1, -0.05) is 0 Å². The Morgan fingerprint density at radius 2 is 0.792 bits per heavy atom. The van der Waals surface area contributed by atoms with E-state index in [1.807, 2.05) is 0 Å². The summed E-state index contributed by atoms with van der Waals surface area (Å²) in [5, 5.41) is 66.9. The van der Waals surface area contributed by atoms with Gasteiger partial charge in [-0.15, -0.1) is 15.3 Å². The van der Waals surface area contributed by atoms with Crippen LogP contribution in [0.3, 0.4) is 0 Å². The highest BCUT2D eigenvalue weighted by atomic mass is 32.2.